The van der Waals surface area contributed by atoms with E-state index in [1.807, 2.05) is 6.08 Å². The van der Waals surface area contributed by atoms with Crippen LogP contribution in [0.1, 0.15) is 6.42 Å². The number of hydrogen-bond acceptors (Lipinski definition) is 1. The van der Waals surface area contributed by atoms with Gasteiger partial charge in [0, 0.05) is 6.04 Å². The molecule has 1 saturated carbocycles. The van der Waals surface area contributed by atoms with Crippen LogP contribution in [0.5, 0.6) is 0 Å². The molecule has 0 bridgehead atoms. The molecule has 0 heterocycles. The van der Waals surface area contributed by atoms with Gasteiger partial charge in [0.15, 0.2) is 0 Å². The highest BCUT2D eigenvalue weighted by Crippen LogP contribution is 2.27. The van der Waals surface area contributed by atoms with Crippen LogP contribution < -0.4 is 5.73 Å². The Bertz CT molecular complexity index is 68.3. The first-order chi connectivity index (χ1) is 2.84. The van der Waals surface area contributed by atoms with Crippen LogP contribution in [0.15, 0.2) is 12.7 Å². The molecule has 34 valence electrons. The smallest absolute Gasteiger partial charge is 0.0109 e. The lowest BCUT2D eigenvalue weighted by Crippen LogP contribution is -1.99. The van der Waals surface area contributed by atoms with Gasteiger partial charge in [0.05, 0.1) is 0 Å². The number of nitrogens with two attached hydrogens (primary N) is 1. The molecule has 1 aliphatic carbocycles. The predicted molar refractivity (Wildman–Crippen MR) is 26.3 cm³/mol. The van der Waals surface area contributed by atoms with Crippen molar-refractivity contribution in [3.05, 3.63) is 12.7 Å². The van der Waals surface area contributed by atoms with Gasteiger partial charge >= 0.3 is 0 Å². The maximum absolute atomic E-state index is 5.41. The van der Waals surface area contributed by atoms with E-state index >= 15 is 0 Å². The first kappa shape index (κ1) is 3.88. The Labute approximate surface area is 37.8 Å². The van der Waals surface area contributed by atoms with Gasteiger partial charge in [-0.15, -0.1) is 6.58 Å². The second kappa shape index (κ2) is 1.09. The summed E-state index contributed by atoms with van der Waals surface area (Å²) >= 11 is 0. The first-order valence-electron chi connectivity index (χ1n) is 2.22. The second-order valence-corrected chi connectivity index (χ2v) is 1.80. The molecule has 1 aliphatic rings. The van der Waals surface area contributed by atoms with Crippen molar-refractivity contribution in [3.63, 3.8) is 0 Å². The molecule has 0 amide bonds. The summed E-state index contributed by atoms with van der Waals surface area (Å²) in [7, 11) is 0. The highest BCUT2D eigenvalue weighted by atomic mass is 14.7. The zero-order valence-corrected chi connectivity index (χ0v) is 3.72. The minimum atomic E-state index is 0.447. The van der Waals surface area contributed by atoms with Crippen molar-refractivity contribution in [2.75, 3.05) is 0 Å². The second-order valence-electron chi connectivity index (χ2n) is 1.80. The van der Waals surface area contributed by atoms with Crippen LogP contribution in [-0.4, -0.2) is 6.04 Å². The predicted octanol–water partition coefficient (Wildman–Crippen LogP) is 0.520. The lowest BCUT2D eigenvalue weighted by atomic mass is 10.4. The van der Waals surface area contributed by atoms with Gasteiger partial charge in [0.2, 0.25) is 0 Å². The van der Waals surface area contributed by atoms with Crippen LogP contribution in [0, 0.1) is 5.92 Å². The molecular weight excluding hydrogens is 74.1 g/mol. The Hall–Kier alpha value is -0.300. The molecule has 6 heavy (non-hydrogen) atoms. The monoisotopic (exact) mass is 83.1 g/mol. The van der Waals surface area contributed by atoms with Crippen molar-refractivity contribution in [2.45, 2.75) is 12.5 Å². The van der Waals surface area contributed by atoms with E-state index in [9.17, 15) is 0 Å². The highest BCUT2D eigenvalue weighted by Gasteiger charge is 2.29. The summed E-state index contributed by atoms with van der Waals surface area (Å²) < 4.78 is 0. The lowest BCUT2D eigenvalue weighted by molar-refractivity contribution is 0.978. The van der Waals surface area contributed by atoms with E-state index in [1.165, 1.54) is 0 Å². The topological polar surface area (TPSA) is 26.0 Å². The van der Waals surface area contributed by atoms with Crippen LogP contribution in [0.3, 0.4) is 0 Å². The van der Waals surface area contributed by atoms with E-state index in [1.54, 1.807) is 0 Å². The van der Waals surface area contributed by atoms with Gasteiger partial charge in [0.25, 0.3) is 0 Å². The molecule has 2 N–H and O–H groups in total. The van der Waals surface area contributed by atoms with Crippen LogP contribution in [0.2, 0.25) is 0 Å². The van der Waals surface area contributed by atoms with E-state index in [2.05, 4.69) is 6.58 Å². The fraction of sp³-hybridized carbons (Fsp3) is 0.600. The maximum Gasteiger partial charge on any atom is 0.0109 e. The Morgan fingerprint density at radius 2 is 2.33 bits per heavy atom. The van der Waals surface area contributed by atoms with Gasteiger partial charge in [0.1, 0.15) is 0 Å². The minimum absolute atomic E-state index is 0.447. The standard InChI is InChI=1S/C5H9N/c1-2-4-3-5(4)6/h2,4-5H,1,3,6H2/t4-,5-/m0/s1. The largest absolute Gasteiger partial charge is 0.327 e. The Balaban J connectivity index is 2.25. The van der Waals surface area contributed by atoms with Gasteiger partial charge in [-0.05, 0) is 12.3 Å². The first-order valence-corrected chi connectivity index (χ1v) is 2.22. The van der Waals surface area contributed by atoms with Gasteiger partial charge in [-0.2, -0.15) is 0 Å². The van der Waals surface area contributed by atoms with E-state index in [4.69, 9.17) is 5.73 Å². The van der Waals surface area contributed by atoms with Crippen LogP contribution in [0.4, 0.5) is 0 Å². The zero-order valence-electron chi connectivity index (χ0n) is 3.72. The molecule has 1 nitrogen and oxygen atoms in total. The van der Waals surface area contributed by atoms with Crippen LogP contribution in [0.25, 0.3) is 0 Å². The number of rotatable bonds is 1. The third-order valence-corrected chi connectivity index (χ3v) is 1.19. The Morgan fingerprint density at radius 1 is 1.83 bits per heavy atom. The maximum atomic E-state index is 5.41. The summed E-state index contributed by atoms with van der Waals surface area (Å²) in [6.45, 7) is 3.59. The fourth-order valence-corrected chi connectivity index (χ4v) is 0.507. The van der Waals surface area contributed by atoms with E-state index < -0.39 is 0 Å². The SMILES string of the molecule is C=C[C@H]1C[C@@H]1N. The molecule has 0 spiro atoms. The fourth-order valence-electron chi connectivity index (χ4n) is 0.507. The van der Waals surface area contributed by atoms with Crippen molar-refractivity contribution < 1.29 is 0 Å². The van der Waals surface area contributed by atoms with Crippen LogP contribution in [-0.2, 0) is 0 Å². The average molecular weight is 83.1 g/mol. The van der Waals surface area contributed by atoms with Gasteiger partial charge in [-0.25, -0.2) is 0 Å². The summed E-state index contributed by atoms with van der Waals surface area (Å²) in [4.78, 5) is 0. The number of hydrogen-bond donors (Lipinski definition) is 1. The summed E-state index contributed by atoms with van der Waals surface area (Å²) in [6, 6.07) is 0.447. The van der Waals surface area contributed by atoms with E-state index in [0.29, 0.717) is 12.0 Å². The molecule has 0 saturated heterocycles. The zero-order chi connectivity index (χ0) is 4.57. The molecule has 2 atom stereocenters. The molecule has 1 rings (SSSR count). The normalized spacial score (nSPS) is 42.2. The summed E-state index contributed by atoms with van der Waals surface area (Å²) in [5.74, 6) is 0.644. The van der Waals surface area contributed by atoms with Crippen molar-refractivity contribution in [1.82, 2.24) is 0 Å². The minimum Gasteiger partial charge on any atom is -0.327 e. The van der Waals surface area contributed by atoms with E-state index in [0.717, 1.165) is 6.42 Å². The third-order valence-electron chi connectivity index (χ3n) is 1.19. The Morgan fingerprint density at radius 3 is 2.33 bits per heavy atom. The van der Waals surface area contributed by atoms with E-state index in [-0.39, 0.29) is 0 Å². The molecule has 0 aromatic carbocycles. The van der Waals surface area contributed by atoms with Gasteiger partial charge < -0.3 is 5.73 Å². The summed E-state index contributed by atoms with van der Waals surface area (Å²) in [6.07, 6.45) is 3.08. The summed E-state index contributed by atoms with van der Waals surface area (Å²) in [5.41, 5.74) is 5.41. The molecule has 0 aromatic heterocycles. The Kier molecular flexibility index (Phi) is 0.701. The quantitative estimate of drug-likeness (QED) is 0.459. The third kappa shape index (κ3) is 0.455. The lowest BCUT2D eigenvalue weighted by Gasteiger charge is -1.73. The molecular formula is C5H9N. The van der Waals surface area contributed by atoms with Crippen molar-refractivity contribution in [2.24, 2.45) is 11.7 Å². The van der Waals surface area contributed by atoms with Crippen molar-refractivity contribution in [1.29, 1.82) is 0 Å². The summed E-state index contributed by atoms with van der Waals surface area (Å²) in [5, 5.41) is 0. The van der Waals surface area contributed by atoms with Gasteiger partial charge in [-0.1, -0.05) is 6.08 Å². The van der Waals surface area contributed by atoms with Gasteiger partial charge in [-0.3, -0.25) is 0 Å². The molecule has 1 fully saturated rings. The average Bonchev–Trinajstić information content (AvgIpc) is 2.19. The van der Waals surface area contributed by atoms with Crippen LogP contribution >= 0.6 is 0 Å². The molecule has 0 aromatic rings. The molecule has 0 unspecified atom stereocenters. The molecule has 0 radical (unpaired) electrons. The van der Waals surface area contributed by atoms with Crippen molar-refractivity contribution >= 4 is 0 Å². The molecule has 0 aliphatic heterocycles. The molecule has 1 heteroatoms. The van der Waals surface area contributed by atoms with Crippen molar-refractivity contribution in [3.8, 4) is 0 Å². The highest BCUT2D eigenvalue weighted by molar-refractivity contribution is 5.00.